The lowest BCUT2D eigenvalue weighted by atomic mass is 10.1. The molecule has 1 aromatic carbocycles. The molecule has 3 aromatic rings. The van der Waals surface area contributed by atoms with Crippen molar-refractivity contribution in [1.82, 2.24) is 19.4 Å². The molecule has 0 radical (unpaired) electrons. The summed E-state index contributed by atoms with van der Waals surface area (Å²) in [6.07, 6.45) is 0.742. The summed E-state index contributed by atoms with van der Waals surface area (Å²) in [4.78, 5) is 21.6. The smallest absolute Gasteiger partial charge is 0.245 e. The van der Waals surface area contributed by atoms with E-state index in [0.29, 0.717) is 12.4 Å². The Morgan fingerprint density at radius 3 is 2.65 bits per heavy atom. The lowest BCUT2D eigenvalue weighted by Crippen LogP contribution is -2.52. The third-order valence-electron chi connectivity index (χ3n) is 5.49. The summed E-state index contributed by atoms with van der Waals surface area (Å²) in [5.74, 6) is 0.951. The van der Waals surface area contributed by atoms with Crippen LogP contribution in [0.25, 0.3) is 0 Å². The molecule has 1 atom stereocenters. The number of aromatic nitrogens is 3. The van der Waals surface area contributed by atoms with Crippen molar-refractivity contribution in [3.63, 3.8) is 0 Å². The van der Waals surface area contributed by atoms with E-state index in [9.17, 15) is 4.79 Å². The first-order chi connectivity index (χ1) is 15.0. The Labute approximate surface area is 185 Å². The van der Waals surface area contributed by atoms with Crippen LogP contribution in [0.4, 0.5) is 11.0 Å². The van der Waals surface area contributed by atoms with E-state index in [1.165, 1.54) is 17.1 Å². The quantitative estimate of drug-likeness (QED) is 0.571. The maximum absolute atomic E-state index is 12.4. The number of piperazine rings is 1. The molecule has 4 rings (SSSR count). The fourth-order valence-electron chi connectivity index (χ4n) is 3.44. The van der Waals surface area contributed by atoms with Crippen LogP contribution >= 0.6 is 11.5 Å². The van der Waals surface area contributed by atoms with Gasteiger partial charge in [0.25, 0.3) is 0 Å². The van der Waals surface area contributed by atoms with Gasteiger partial charge in [-0.1, -0.05) is 35.5 Å². The number of hydrogen-bond donors (Lipinski definition) is 2. The van der Waals surface area contributed by atoms with Gasteiger partial charge in [-0.25, -0.2) is 4.98 Å². The monoisotopic (exact) mass is 441 g/mol. The second kappa shape index (κ2) is 9.54. The Bertz CT molecular complexity index is 1010. The zero-order valence-electron chi connectivity index (χ0n) is 17.7. The first-order valence-electron chi connectivity index (χ1n) is 10.3. The molecule has 1 saturated heterocycles. The van der Waals surface area contributed by atoms with E-state index in [1.54, 1.807) is 0 Å². The molecule has 0 saturated carbocycles. The van der Waals surface area contributed by atoms with Gasteiger partial charge in [-0.2, -0.15) is 4.37 Å². The molecule has 10 heteroatoms. The Kier molecular flexibility index (Phi) is 6.59. The van der Waals surface area contributed by atoms with Crippen LogP contribution < -0.4 is 16.0 Å². The predicted molar refractivity (Wildman–Crippen MR) is 120 cm³/mol. The van der Waals surface area contributed by atoms with Crippen molar-refractivity contribution in [1.29, 1.82) is 0 Å². The fraction of sp³-hybridized carbons (Fsp3) is 0.429. The van der Waals surface area contributed by atoms with Crippen LogP contribution in [0.15, 0.2) is 34.9 Å². The normalized spacial score (nSPS) is 15.8. The SMILES string of the molecule is Cc1noc(NC(=O)C(N)CN2CCN(c3nc(Cc4ccccc4)ns3)CC2)c1C. The number of aryl methyl sites for hydroxylation is 1. The molecule has 1 aliphatic heterocycles. The van der Waals surface area contributed by atoms with E-state index >= 15 is 0 Å². The average Bonchev–Trinajstić information content (AvgIpc) is 3.37. The van der Waals surface area contributed by atoms with Crippen LogP contribution in [0, 0.1) is 13.8 Å². The molecule has 0 aliphatic carbocycles. The number of nitrogens with two attached hydrogens (primary N) is 1. The fourth-order valence-corrected chi connectivity index (χ4v) is 4.18. The maximum atomic E-state index is 12.4. The lowest BCUT2D eigenvalue weighted by molar-refractivity contribution is -0.118. The zero-order chi connectivity index (χ0) is 21.8. The molecule has 31 heavy (non-hydrogen) atoms. The highest BCUT2D eigenvalue weighted by Gasteiger charge is 2.24. The van der Waals surface area contributed by atoms with Crippen molar-refractivity contribution in [3.05, 3.63) is 53.0 Å². The van der Waals surface area contributed by atoms with Gasteiger partial charge in [-0.15, -0.1) is 0 Å². The highest BCUT2D eigenvalue weighted by molar-refractivity contribution is 7.09. The van der Waals surface area contributed by atoms with Gasteiger partial charge in [0.05, 0.1) is 11.7 Å². The summed E-state index contributed by atoms with van der Waals surface area (Å²) in [6, 6.07) is 9.60. The van der Waals surface area contributed by atoms with Crippen molar-refractivity contribution in [2.24, 2.45) is 5.73 Å². The summed E-state index contributed by atoms with van der Waals surface area (Å²) < 4.78 is 9.65. The van der Waals surface area contributed by atoms with Gasteiger partial charge in [0.1, 0.15) is 5.82 Å². The van der Waals surface area contributed by atoms with E-state index < -0.39 is 6.04 Å². The first-order valence-corrected chi connectivity index (χ1v) is 11.1. The number of nitrogens with zero attached hydrogens (tertiary/aromatic N) is 5. The van der Waals surface area contributed by atoms with Crippen LogP contribution in [0.1, 0.15) is 22.6 Å². The second-order valence-corrected chi connectivity index (χ2v) is 8.49. The number of amides is 1. The molecular weight excluding hydrogens is 414 g/mol. The van der Waals surface area contributed by atoms with E-state index in [1.807, 2.05) is 32.0 Å². The predicted octanol–water partition coefficient (Wildman–Crippen LogP) is 1.82. The number of hydrogen-bond acceptors (Lipinski definition) is 9. The van der Waals surface area contributed by atoms with E-state index in [2.05, 4.69) is 36.8 Å². The van der Waals surface area contributed by atoms with Crippen molar-refractivity contribution in [3.8, 4) is 0 Å². The first kappa shape index (κ1) is 21.4. The number of carbonyl (C=O) groups excluding carboxylic acids is 1. The molecule has 0 spiro atoms. The van der Waals surface area contributed by atoms with E-state index in [4.69, 9.17) is 15.2 Å². The molecule has 0 bridgehead atoms. The average molecular weight is 442 g/mol. The number of anilines is 2. The van der Waals surface area contributed by atoms with Crippen molar-refractivity contribution in [2.45, 2.75) is 26.3 Å². The molecular formula is C21H27N7O2S. The Balaban J connectivity index is 1.25. The van der Waals surface area contributed by atoms with Crippen LogP contribution in [-0.4, -0.2) is 64.1 Å². The van der Waals surface area contributed by atoms with Gasteiger partial charge >= 0.3 is 0 Å². The maximum Gasteiger partial charge on any atom is 0.245 e. The molecule has 3 heterocycles. The molecule has 164 valence electrons. The minimum Gasteiger partial charge on any atom is -0.344 e. The van der Waals surface area contributed by atoms with Gasteiger partial charge in [-0.05, 0) is 19.4 Å². The van der Waals surface area contributed by atoms with Crippen molar-refractivity contribution >= 4 is 28.5 Å². The third-order valence-corrected chi connectivity index (χ3v) is 6.31. The Morgan fingerprint density at radius 2 is 1.97 bits per heavy atom. The third kappa shape index (κ3) is 5.27. The summed E-state index contributed by atoms with van der Waals surface area (Å²) in [7, 11) is 0. The van der Waals surface area contributed by atoms with E-state index in [0.717, 1.165) is 54.8 Å². The highest BCUT2D eigenvalue weighted by Crippen LogP contribution is 2.21. The van der Waals surface area contributed by atoms with Gasteiger partial charge in [0.15, 0.2) is 0 Å². The van der Waals surface area contributed by atoms with Crippen LogP contribution in [0.3, 0.4) is 0 Å². The van der Waals surface area contributed by atoms with Crippen LogP contribution in [0.5, 0.6) is 0 Å². The minimum atomic E-state index is -0.643. The lowest BCUT2D eigenvalue weighted by Gasteiger charge is -2.35. The van der Waals surface area contributed by atoms with E-state index in [-0.39, 0.29) is 5.91 Å². The van der Waals surface area contributed by atoms with Gasteiger partial charge in [-0.3, -0.25) is 15.0 Å². The standard InChI is InChI=1S/C21H27N7O2S/c1-14-15(2)25-30-20(14)24-19(29)17(22)13-27-8-10-28(11-9-27)21-23-18(26-31-21)12-16-6-4-3-5-7-16/h3-7,17H,8-13,22H2,1-2H3,(H,24,29). The zero-order valence-corrected chi connectivity index (χ0v) is 18.6. The van der Waals surface area contributed by atoms with Crippen molar-refractivity contribution < 1.29 is 9.32 Å². The highest BCUT2D eigenvalue weighted by atomic mass is 32.1. The summed E-state index contributed by atoms with van der Waals surface area (Å²) in [5, 5.41) is 7.53. The second-order valence-electron chi connectivity index (χ2n) is 7.76. The topological polar surface area (TPSA) is 113 Å². The number of benzene rings is 1. The molecule has 1 amide bonds. The molecule has 9 nitrogen and oxygen atoms in total. The van der Waals surface area contributed by atoms with Gasteiger partial charge in [0.2, 0.25) is 16.9 Å². The Hall–Kier alpha value is -2.82. The number of nitrogens with one attached hydrogen (secondary N) is 1. The largest absolute Gasteiger partial charge is 0.344 e. The number of rotatable bonds is 7. The molecule has 1 unspecified atom stereocenters. The Morgan fingerprint density at radius 1 is 1.23 bits per heavy atom. The van der Waals surface area contributed by atoms with Crippen LogP contribution in [0.2, 0.25) is 0 Å². The number of carbonyl (C=O) groups is 1. The summed E-state index contributed by atoms with van der Waals surface area (Å²) in [5.41, 5.74) is 8.90. The molecule has 1 aliphatic rings. The van der Waals surface area contributed by atoms with Crippen LogP contribution in [-0.2, 0) is 11.2 Å². The minimum absolute atomic E-state index is 0.267. The molecule has 1 fully saturated rings. The molecule has 3 N–H and O–H groups in total. The summed E-state index contributed by atoms with van der Waals surface area (Å²) >= 11 is 1.44. The van der Waals surface area contributed by atoms with Gasteiger partial charge < -0.3 is 15.2 Å². The summed E-state index contributed by atoms with van der Waals surface area (Å²) in [6.45, 7) is 7.45. The van der Waals surface area contributed by atoms with Gasteiger partial charge in [0, 0.05) is 56.2 Å². The molecule has 2 aromatic heterocycles. The van der Waals surface area contributed by atoms with Crippen molar-refractivity contribution in [2.75, 3.05) is 42.9 Å².